The Kier molecular flexibility index (Phi) is 3.08. The number of hydrogen-bond donors (Lipinski definition) is 1. The zero-order valence-corrected chi connectivity index (χ0v) is 3.94. The molecule has 0 bridgehead atoms. The van der Waals surface area contributed by atoms with Gasteiger partial charge in [-0.15, -0.1) is 0 Å². The van der Waals surface area contributed by atoms with Gasteiger partial charge < -0.3 is 10.9 Å². The summed E-state index contributed by atoms with van der Waals surface area (Å²) in [5.74, 6) is 0. The third-order valence-electron chi connectivity index (χ3n) is 0.827. The maximum atomic E-state index is 4.94. The summed E-state index contributed by atoms with van der Waals surface area (Å²) in [6.07, 6.45) is 2.56. The molecule has 2 heteroatoms. The highest BCUT2D eigenvalue weighted by Crippen LogP contribution is 1.98. The van der Waals surface area contributed by atoms with Crippen molar-refractivity contribution in [2.75, 3.05) is 13.2 Å². The summed E-state index contributed by atoms with van der Waals surface area (Å²) in [7, 11) is 0. The van der Waals surface area contributed by atoms with Crippen LogP contribution in [0.15, 0.2) is 0 Å². The molecule has 0 aromatic rings. The van der Waals surface area contributed by atoms with Gasteiger partial charge in [0.1, 0.15) is 0 Å². The van der Waals surface area contributed by atoms with Crippen LogP contribution in [-0.2, 0) is 4.74 Å². The van der Waals surface area contributed by atoms with Crippen molar-refractivity contribution in [2.45, 2.75) is 12.8 Å². The molecule has 0 saturated carbocycles. The fourth-order valence-electron chi connectivity index (χ4n) is 0.510. The van der Waals surface area contributed by atoms with Gasteiger partial charge in [0.05, 0.1) is 0 Å². The molecule has 0 aromatic carbocycles. The van der Waals surface area contributed by atoms with Crippen LogP contribution in [0.4, 0.5) is 0 Å². The van der Waals surface area contributed by atoms with Crippen LogP contribution in [0.5, 0.6) is 0 Å². The van der Waals surface area contributed by atoms with E-state index in [4.69, 9.17) is 4.74 Å². The third kappa shape index (κ3) is 1.38. The average Bonchev–Trinajstić information content (AvgIpc) is 1.76. The van der Waals surface area contributed by atoms with Crippen molar-refractivity contribution < 1.29 is 4.74 Å². The minimum absolute atomic E-state index is 0. The molecule has 1 aliphatic heterocycles. The number of hydrogen-bond acceptors (Lipinski definition) is 2. The summed E-state index contributed by atoms with van der Waals surface area (Å²) in [6, 6.07) is 0. The first-order chi connectivity index (χ1) is 2.50. The Labute approximate surface area is 38.1 Å². The standard InChI is InChI=1S/C4H8O.H3N/c1-2-4-5-3-1;/h1-4H2;1H3/i;1-13. The molecule has 0 amide bonds. The van der Waals surface area contributed by atoms with Crippen LogP contribution in [-0.4, -0.2) is 13.2 Å². The van der Waals surface area contributed by atoms with Gasteiger partial charge >= 0.3 is 0 Å². The molecule has 0 aliphatic carbocycles. The monoisotopic (exact) mass is 76.1 g/mol. The highest BCUT2D eigenvalue weighted by atomic mass is 16.5. The highest BCUT2D eigenvalue weighted by Gasteiger charge is 1.94. The lowest BCUT2D eigenvalue weighted by Crippen LogP contribution is -1.74. The summed E-state index contributed by atoms with van der Waals surface area (Å²) in [6.45, 7) is 2.00. The first kappa shape index (κ1) is 5.92. The first-order valence-corrected chi connectivity index (χ1v) is 2.08. The van der Waals surface area contributed by atoms with E-state index in [1.54, 1.807) is 0 Å². The highest BCUT2D eigenvalue weighted by molar-refractivity contribution is 4.43. The molecule has 0 atom stereocenters. The van der Waals surface area contributed by atoms with E-state index in [0.717, 1.165) is 13.2 Å². The lowest BCUT2D eigenvalue weighted by Gasteiger charge is -1.76. The van der Waals surface area contributed by atoms with Crippen molar-refractivity contribution in [3.63, 3.8) is 0 Å². The van der Waals surface area contributed by atoms with Crippen molar-refractivity contribution in [3.05, 3.63) is 0 Å². The molecule has 0 radical (unpaired) electrons. The predicted molar refractivity (Wildman–Crippen MR) is 25.1 cm³/mol. The Bertz CT molecular complexity index is 19.1. The molecule has 1 fully saturated rings. The fourth-order valence-corrected chi connectivity index (χ4v) is 0.510. The van der Waals surface area contributed by atoms with Crippen molar-refractivity contribution in [1.82, 2.24) is 6.15 Å². The molecule has 38 valence electrons. The first-order valence-electron chi connectivity index (χ1n) is 2.08. The van der Waals surface area contributed by atoms with Gasteiger partial charge in [-0.1, -0.05) is 0 Å². The zero-order chi connectivity index (χ0) is 3.54. The van der Waals surface area contributed by atoms with Gasteiger partial charge in [-0.3, -0.25) is 0 Å². The van der Waals surface area contributed by atoms with Crippen LogP contribution in [0.2, 0.25) is 0 Å². The van der Waals surface area contributed by atoms with E-state index in [1.165, 1.54) is 12.8 Å². The van der Waals surface area contributed by atoms with Crippen molar-refractivity contribution in [3.8, 4) is 0 Å². The van der Waals surface area contributed by atoms with Crippen molar-refractivity contribution >= 4 is 0 Å². The van der Waals surface area contributed by atoms with Gasteiger partial charge in [-0.2, -0.15) is 0 Å². The lowest BCUT2D eigenvalue weighted by atomic mass is 1.000. The molecule has 0 spiro atoms. The minimum Gasteiger partial charge on any atom is -0.381 e. The van der Waals surface area contributed by atoms with Crippen LogP contribution in [0.1, 0.15) is 12.8 Å². The van der Waals surface area contributed by atoms with Gasteiger partial charge in [-0.25, -0.2) is 0 Å². The second-order valence-corrected chi connectivity index (χ2v) is 1.32. The molecule has 0 unspecified atom stereocenters. The van der Waals surface area contributed by atoms with Gasteiger partial charge in [0.25, 0.3) is 0 Å². The molecule has 2 nitrogen and oxygen atoms in total. The van der Waals surface area contributed by atoms with E-state index >= 15 is 0 Å². The molecule has 6 heavy (non-hydrogen) atoms. The largest absolute Gasteiger partial charge is 0.381 e. The maximum Gasteiger partial charge on any atom is 0.0466 e. The van der Waals surface area contributed by atoms with Crippen LogP contribution in [0.25, 0.3) is 0 Å². The van der Waals surface area contributed by atoms with Crippen LogP contribution >= 0.6 is 0 Å². The number of ether oxygens (including phenoxy) is 1. The lowest BCUT2D eigenvalue weighted by molar-refractivity contribution is 0.198. The van der Waals surface area contributed by atoms with E-state index in [0.29, 0.717) is 0 Å². The van der Waals surface area contributed by atoms with Gasteiger partial charge in [0, 0.05) is 13.2 Å². The van der Waals surface area contributed by atoms with Gasteiger partial charge in [0.2, 0.25) is 0 Å². The number of rotatable bonds is 0. The Morgan fingerprint density at radius 2 is 1.50 bits per heavy atom. The smallest absolute Gasteiger partial charge is 0.0466 e. The summed E-state index contributed by atoms with van der Waals surface area (Å²) < 4.78 is 4.94. The SMILES string of the molecule is C1CCOC1.[1NH3]. The Balaban J connectivity index is 0.000000250. The molecule has 3 N–H and O–H groups in total. The van der Waals surface area contributed by atoms with E-state index in [1.807, 2.05) is 0 Å². The van der Waals surface area contributed by atoms with E-state index in [-0.39, 0.29) is 6.15 Å². The van der Waals surface area contributed by atoms with Crippen molar-refractivity contribution in [2.24, 2.45) is 0 Å². The van der Waals surface area contributed by atoms with Gasteiger partial charge in [0.15, 0.2) is 0 Å². The Morgan fingerprint density at radius 1 is 1.00 bits per heavy atom. The van der Waals surface area contributed by atoms with Crippen LogP contribution in [0, 0.1) is 0 Å². The molecule has 1 rings (SSSR count). The quantitative estimate of drug-likeness (QED) is 0.467. The summed E-state index contributed by atoms with van der Waals surface area (Å²) >= 11 is 0. The molecular formula is C4H11NO. The minimum atomic E-state index is 0. The average molecular weight is 76.1 g/mol. The molecule has 1 heterocycles. The fraction of sp³-hybridized carbons (Fsp3) is 1.00. The van der Waals surface area contributed by atoms with Crippen LogP contribution in [0.3, 0.4) is 0 Å². The third-order valence-corrected chi connectivity index (χ3v) is 0.827. The molecule has 0 aromatic heterocycles. The van der Waals surface area contributed by atoms with Crippen LogP contribution < -0.4 is 6.15 Å². The van der Waals surface area contributed by atoms with E-state index in [9.17, 15) is 0 Å². The Hall–Kier alpha value is -0.0800. The normalized spacial score (nSPS) is 20.0. The second kappa shape index (κ2) is 3.12. The summed E-state index contributed by atoms with van der Waals surface area (Å²) in [5.41, 5.74) is 0. The molecule has 1 saturated heterocycles. The van der Waals surface area contributed by atoms with Gasteiger partial charge in [-0.05, 0) is 12.8 Å². The maximum absolute atomic E-state index is 4.94. The Morgan fingerprint density at radius 3 is 1.67 bits per heavy atom. The second-order valence-electron chi connectivity index (χ2n) is 1.32. The molecular weight excluding hydrogens is 65.0 g/mol. The van der Waals surface area contributed by atoms with E-state index in [2.05, 4.69) is 0 Å². The predicted octanol–water partition coefficient (Wildman–Crippen LogP) is 0.959. The summed E-state index contributed by atoms with van der Waals surface area (Å²) in [5, 5.41) is 0. The topological polar surface area (TPSA) is 44.2 Å². The van der Waals surface area contributed by atoms with Crippen molar-refractivity contribution in [1.29, 1.82) is 0 Å². The summed E-state index contributed by atoms with van der Waals surface area (Å²) in [4.78, 5) is 0. The molecule has 1 aliphatic rings. The van der Waals surface area contributed by atoms with E-state index < -0.39 is 0 Å². The zero-order valence-electron chi connectivity index (χ0n) is 3.94.